The molecule has 0 fully saturated rings. The molecule has 0 unspecified atom stereocenters. The van der Waals surface area contributed by atoms with Crippen LogP contribution in [0.15, 0.2) is 77.8 Å². The maximum absolute atomic E-state index is 12.4. The predicted molar refractivity (Wildman–Crippen MR) is 116 cm³/mol. The van der Waals surface area contributed by atoms with Gasteiger partial charge in [0.05, 0.1) is 4.90 Å². The van der Waals surface area contributed by atoms with Gasteiger partial charge in [0.15, 0.2) is 0 Å². The molecular weight excluding hydrogens is 433 g/mol. The molecule has 1 amide bonds. The first-order valence-corrected chi connectivity index (χ1v) is 10.6. The molecule has 0 aliphatic carbocycles. The average Bonchev–Trinajstić information content (AvgIpc) is 2.68. The van der Waals surface area contributed by atoms with Crippen molar-refractivity contribution in [3.05, 3.63) is 88.5 Å². The molecular formula is C20H15Cl2N3O3S. The van der Waals surface area contributed by atoms with E-state index in [1.54, 1.807) is 36.4 Å². The van der Waals surface area contributed by atoms with E-state index < -0.39 is 15.9 Å². The van der Waals surface area contributed by atoms with Crippen LogP contribution in [0.1, 0.15) is 5.56 Å². The molecule has 0 saturated heterocycles. The highest BCUT2D eigenvalue weighted by molar-refractivity contribution is 7.92. The van der Waals surface area contributed by atoms with Gasteiger partial charge in [0.25, 0.3) is 10.0 Å². The molecule has 2 aromatic carbocycles. The van der Waals surface area contributed by atoms with Gasteiger partial charge in [0.1, 0.15) is 5.82 Å². The van der Waals surface area contributed by atoms with Crippen LogP contribution in [0, 0.1) is 0 Å². The summed E-state index contributed by atoms with van der Waals surface area (Å²) in [5.41, 5.74) is 0.967. The van der Waals surface area contributed by atoms with Crippen molar-refractivity contribution in [1.82, 2.24) is 4.98 Å². The number of aromatic nitrogens is 1. The predicted octanol–water partition coefficient (Wildman–Crippen LogP) is 4.84. The first-order valence-electron chi connectivity index (χ1n) is 8.32. The number of carbonyl (C=O) groups is 1. The molecule has 148 valence electrons. The normalized spacial score (nSPS) is 11.4. The van der Waals surface area contributed by atoms with Crippen molar-refractivity contribution in [2.24, 2.45) is 0 Å². The van der Waals surface area contributed by atoms with Crippen LogP contribution in [0.3, 0.4) is 0 Å². The smallest absolute Gasteiger partial charge is 0.263 e. The van der Waals surface area contributed by atoms with Crippen molar-refractivity contribution in [2.75, 3.05) is 10.0 Å². The van der Waals surface area contributed by atoms with Crippen LogP contribution in [0.4, 0.5) is 11.5 Å². The van der Waals surface area contributed by atoms with Crippen LogP contribution in [-0.2, 0) is 14.8 Å². The third-order valence-electron chi connectivity index (χ3n) is 3.74. The largest absolute Gasteiger partial charge is 0.323 e. The molecule has 3 rings (SSSR count). The number of hydrogen-bond donors (Lipinski definition) is 2. The number of rotatable bonds is 6. The molecule has 0 atom stereocenters. The number of carbonyl (C=O) groups excluding carboxylic acids is 1. The lowest BCUT2D eigenvalue weighted by Crippen LogP contribution is -2.14. The van der Waals surface area contributed by atoms with Gasteiger partial charge < -0.3 is 5.32 Å². The zero-order valence-electron chi connectivity index (χ0n) is 14.8. The van der Waals surface area contributed by atoms with Crippen molar-refractivity contribution >= 4 is 56.7 Å². The van der Waals surface area contributed by atoms with Crippen LogP contribution < -0.4 is 10.0 Å². The fraction of sp³-hybridized carbons (Fsp3) is 0. The van der Waals surface area contributed by atoms with E-state index in [0.717, 1.165) is 0 Å². The number of nitrogens with one attached hydrogen (secondary N) is 2. The monoisotopic (exact) mass is 447 g/mol. The van der Waals surface area contributed by atoms with Gasteiger partial charge in [0, 0.05) is 33.6 Å². The van der Waals surface area contributed by atoms with Gasteiger partial charge in [-0.15, -0.1) is 0 Å². The molecule has 0 radical (unpaired) electrons. The summed E-state index contributed by atoms with van der Waals surface area (Å²) >= 11 is 12.1. The minimum absolute atomic E-state index is 0.0412. The minimum Gasteiger partial charge on any atom is -0.323 e. The summed E-state index contributed by atoms with van der Waals surface area (Å²) in [7, 11) is -3.78. The Morgan fingerprint density at radius 1 is 0.931 bits per heavy atom. The van der Waals surface area contributed by atoms with E-state index in [4.69, 9.17) is 23.2 Å². The first kappa shape index (κ1) is 20.9. The molecule has 0 aliphatic heterocycles. The Bertz CT molecular complexity index is 1130. The summed E-state index contributed by atoms with van der Waals surface area (Å²) in [6.07, 6.45) is 4.29. The highest BCUT2D eigenvalue weighted by Gasteiger charge is 2.14. The fourth-order valence-corrected chi connectivity index (χ4v) is 3.88. The highest BCUT2D eigenvalue weighted by atomic mass is 35.5. The third kappa shape index (κ3) is 5.57. The zero-order chi connectivity index (χ0) is 20.9. The van der Waals surface area contributed by atoms with Crippen LogP contribution >= 0.6 is 23.2 Å². The molecule has 1 heterocycles. The second-order valence-corrected chi connectivity index (χ2v) is 8.30. The van der Waals surface area contributed by atoms with E-state index >= 15 is 0 Å². The second-order valence-electron chi connectivity index (χ2n) is 5.80. The minimum atomic E-state index is -3.78. The standard InChI is InChI=1S/C20H15Cl2N3O3S/c21-17-4-3-5-18(22)16(17)11-12-20(26)24-14-7-9-15(10-8-14)29(27,28)25-19-6-1-2-13-23-19/h1-13H,(H,23,25)(H,24,26). The molecule has 1 aromatic heterocycles. The molecule has 0 saturated carbocycles. The number of pyridine rings is 1. The van der Waals surface area contributed by atoms with E-state index in [1.165, 1.54) is 42.6 Å². The quantitative estimate of drug-likeness (QED) is 0.529. The maximum Gasteiger partial charge on any atom is 0.263 e. The van der Waals surface area contributed by atoms with Gasteiger partial charge in [-0.2, -0.15) is 0 Å². The lowest BCUT2D eigenvalue weighted by atomic mass is 10.2. The summed E-state index contributed by atoms with van der Waals surface area (Å²) in [4.78, 5) is 16.1. The van der Waals surface area contributed by atoms with Crippen LogP contribution in [0.25, 0.3) is 6.08 Å². The molecule has 0 bridgehead atoms. The highest BCUT2D eigenvalue weighted by Crippen LogP contribution is 2.25. The lowest BCUT2D eigenvalue weighted by Gasteiger charge is -2.08. The number of benzene rings is 2. The zero-order valence-corrected chi connectivity index (χ0v) is 17.2. The summed E-state index contributed by atoms with van der Waals surface area (Å²) in [6, 6.07) is 15.7. The molecule has 6 nitrogen and oxygen atoms in total. The Morgan fingerprint density at radius 3 is 2.24 bits per heavy atom. The summed E-state index contributed by atoms with van der Waals surface area (Å²) in [6.45, 7) is 0. The average molecular weight is 448 g/mol. The number of anilines is 2. The molecule has 9 heteroatoms. The Hall–Kier alpha value is -2.87. The summed E-state index contributed by atoms with van der Waals surface area (Å²) in [5, 5.41) is 3.49. The summed E-state index contributed by atoms with van der Waals surface area (Å²) < 4.78 is 27.1. The van der Waals surface area contributed by atoms with Crippen molar-refractivity contribution in [3.63, 3.8) is 0 Å². The van der Waals surface area contributed by atoms with Crippen LogP contribution in [0.5, 0.6) is 0 Å². The topological polar surface area (TPSA) is 88.2 Å². The third-order valence-corrected chi connectivity index (χ3v) is 5.77. The van der Waals surface area contributed by atoms with E-state index in [2.05, 4.69) is 15.0 Å². The van der Waals surface area contributed by atoms with Crippen LogP contribution in [0.2, 0.25) is 10.0 Å². The molecule has 0 spiro atoms. The Kier molecular flexibility index (Phi) is 6.53. The van der Waals surface area contributed by atoms with Gasteiger partial charge in [-0.3, -0.25) is 9.52 Å². The number of hydrogen-bond acceptors (Lipinski definition) is 4. The van der Waals surface area contributed by atoms with Gasteiger partial charge >= 0.3 is 0 Å². The van der Waals surface area contributed by atoms with Crippen molar-refractivity contribution < 1.29 is 13.2 Å². The Labute approximate surface area is 178 Å². The lowest BCUT2D eigenvalue weighted by molar-refractivity contribution is -0.111. The van der Waals surface area contributed by atoms with Gasteiger partial charge in [0.2, 0.25) is 5.91 Å². The van der Waals surface area contributed by atoms with E-state index in [1.807, 2.05) is 0 Å². The van der Waals surface area contributed by atoms with Gasteiger partial charge in [-0.05, 0) is 54.6 Å². The second kappa shape index (κ2) is 9.09. The van der Waals surface area contributed by atoms with E-state index in [-0.39, 0.29) is 10.7 Å². The maximum atomic E-state index is 12.4. The fourth-order valence-electron chi connectivity index (χ4n) is 2.35. The van der Waals surface area contributed by atoms with Gasteiger partial charge in [-0.25, -0.2) is 13.4 Å². The molecule has 29 heavy (non-hydrogen) atoms. The SMILES string of the molecule is O=C(C=Cc1c(Cl)cccc1Cl)Nc1ccc(S(=O)(=O)Nc2ccccn2)cc1. The van der Waals surface area contributed by atoms with E-state index in [9.17, 15) is 13.2 Å². The van der Waals surface area contributed by atoms with Gasteiger partial charge in [-0.1, -0.05) is 35.3 Å². The molecule has 0 aliphatic rings. The number of amides is 1. The Morgan fingerprint density at radius 2 is 1.62 bits per heavy atom. The van der Waals surface area contributed by atoms with E-state index in [0.29, 0.717) is 21.3 Å². The Balaban J connectivity index is 1.67. The van der Waals surface area contributed by atoms with Crippen molar-refractivity contribution in [2.45, 2.75) is 4.90 Å². The van der Waals surface area contributed by atoms with Crippen LogP contribution in [-0.4, -0.2) is 19.3 Å². The summed E-state index contributed by atoms with van der Waals surface area (Å²) in [5.74, 6) is -0.198. The molecule has 2 N–H and O–H groups in total. The molecule has 3 aromatic rings. The van der Waals surface area contributed by atoms with Crippen molar-refractivity contribution in [3.8, 4) is 0 Å². The number of sulfonamides is 1. The number of nitrogens with zero attached hydrogens (tertiary/aromatic N) is 1. The first-order chi connectivity index (χ1) is 13.8. The number of halogens is 2. The van der Waals surface area contributed by atoms with Crippen molar-refractivity contribution in [1.29, 1.82) is 0 Å².